The first-order valence-corrected chi connectivity index (χ1v) is 8.17. The Morgan fingerprint density at radius 1 is 1.33 bits per heavy atom. The monoisotopic (exact) mass is 346 g/mol. The van der Waals surface area contributed by atoms with Gasteiger partial charge in [-0.2, -0.15) is 5.10 Å². The molecule has 3 rings (SSSR count). The SMILES string of the molecule is CN1N=C(C(=O)Nc2ncc(Cc3ccc(F)cc3)s2)CCC1=O. The molecule has 1 N–H and O–H groups in total. The maximum absolute atomic E-state index is 12.9. The van der Waals surface area contributed by atoms with Gasteiger partial charge in [0.2, 0.25) is 5.91 Å². The van der Waals surface area contributed by atoms with Crippen molar-refractivity contribution in [3.8, 4) is 0 Å². The Kier molecular flexibility index (Phi) is 4.66. The second-order valence-corrected chi connectivity index (χ2v) is 6.47. The first-order valence-electron chi connectivity index (χ1n) is 7.36. The second-order valence-electron chi connectivity index (χ2n) is 5.35. The van der Waals surface area contributed by atoms with Crippen molar-refractivity contribution in [3.63, 3.8) is 0 Å². The smallest absolute Gasteiger partial charge is 0.273 e. The molecular formula is C16H15FN4O2S. The maximum atomic E-state index is 12.9. The van der Waals surface area contributed by atoms with Crippen LogP contribution in [0.1, 0.15) is 23.3 Å². The van der Waals surface area contributed by atoms with Crippen LogP contribution in [0.4, 0.5) is 9.52 Å². The number of carbonyl (C=O) groups is 2. The van der Waals surface area contributed by atoms with Gasteiger partial charge in [-0.05, 0) is 17.7 Å². The minimum absolute atomic E-state index is 0.109. The Morgan fingerprint density at radius 2 is 2.08 bits per heavy atom. The summed E-state index contributed by atoms with van der Waals surface area (Å²) in [6, 6.07) is 6.27. The molecule has 2 amide bonds. The largest absolute Gasteiger partial charge is 0.297 e. The zero-order chi connectivity index (χ0) is 17.1. The summed E-state index contributed by atoms with van der Waals surface area (Å²) in [7, 11) is 1.53. The number of aromatic nitrogens is 1. The number of nitrogens with zero attached hydrogens (tertiary/aromatic N) is 3. The first-order chi connectivity index (χ1) is 11.5. The van der Waals surface area contributed by atoms with Crippen LogP contribution < -0.4 is 5.32 Å². The molecule has 0 saturated carbocycles. The number of hydrogen-bond acceptors (Lipinski definition) is 5. The van der Waals surface area contributed by atoms with E-state index in [2.05, 4.69) is 15.4 Å². The Morgan fingerprint density at radius 3 is 2.79 bits per heavy atom. The van der Waals surface area contributed by atoms with Gasteiger partial charge < -0.3 is 0 Å². The molecule has 0 aliphatic carbocycles. The van der Waals surface area contributed by atoms with Gasteiger partial charge in [0.05, 0.1) is 0 Å². The molecule has 2 aromatic rings. The highest BCUT2D eigenvalue weighted by atomic mass is 32.1. The molecule has 6 nitrogen and oxygen atoms in total. The first kappa shape index (κ1) is 16.3. The minimum Gasteiger partial charge on any atom is -0.297 e. The number of hydrogen-bond donors (Lipinski definition) is 1. The van der Waals surface area contributed by atoms with E-state index in [0.717, 1.165) is 10.4 Å². The van der Waals surface area contributed by atoms with Crippen LogP contribution in [0.5, 0.6) is 0 Å². The number of anilines is 1. The van der Waals surface area contributed by atoms with Crippen molar-refractivity contribution >= 4 is 34.0 Å². The van der Waals surface area contributed by atoms with Gasteiger partial charge in [-0.1, -0.05) is 12.1 Å². The van der Waals surface area contributed by atoms with Gasteiger partial charge in [0.15, 0.2) is 5.13 Å². The zero-order valence-electron chi connectivity index (χ0n) is 13.0. The lowest BCUT2D eigenvalue weighted by molar-refractivity contribution is -0.130. The summed E-state index contributed by atoms with van der Waals surface area (Å²) in [6.07, 6.45) is 2.90. The highest BCUT2D eigenvalue weighted by molar-refractivity contribution is 7.15. The molecule has 0 spiro atoms. The molecule has 0 unspecified atom stereocenters. The van der Waals surface area contributed by atoms with Crippen molar-refractivity contribution < 1.29 is 14.0 Å². The quantitative estimate of drug-likeness (QED) is 0.924. The van der Waals surface area contributed by atoms with Crippen LogP contribution in [0.2, 0.25) is 0 Å². The molecule has 24 heavy (non-hydrogen) atoms. The van der Waals surface area contributed by atoms with Crippen LogP contribution >= 0.6 is 11.3 Å². The lowest BCUT2D eigenvalue weighted by Crippen LogP contribution is -2.34. The standard InChI is InChI=1S/C16H15FN4O2S/c1-21-14(22)7-6-13(20-21)15(23)19-16-18-9-12(24-16)8-10-2-4-11(17)5-3-10/h2-5,9H,6-8H2,1H3,(H,18,19,23). The second kappa shape index (κ2) is 6.88. The Hall–Kier alpha value is -2.61. The summed E-state index contributed by atoms with van der Waals surface area (Å²) >= 11 is 1.35. The number of thiazole rings is 1. The van der Waals surface area contributed by atoms with Gasteiger partial charge in [0.25, 0.3) is 5.91 Å². The maximum Gasteiger partial charge on any atom is 0.273 e. The molecule has 1 aliphatic rings. The van der Waals surface area contributed by atoms with Crippen molar-refractivity contribution in [2.24, 2.45) is 5.10 Å². The normalized spacial score (nSPS) is 14.5. The van der Waals surface area contributed by atoms with E-state index >= 15 is 0 Å². The summed E-state index contributed by atoms with van der Waals surface area (Å²) in [5, 5.41) is 8.33. The van der Waals surface area contributed by atoms with Gasteiger partial charge in [-0.3, -0.25) is 14.9 Å². The lowest BCUT2D eigenvalue weighted by atomic mass is 10.1. The van der Waals surface area contributed by atoms with Gasteiger partial charge in [0.1, 0.15) is 11.5 Å². The Balaban J connectivity index is 1.63. The summed E-state index contributed by atoms with van der Waals surface area (Å²) in [6.45, 7) is 0. The number of benzene rings is 1. The van der Waals surface area contributed by atoms with Gasteiger partial charge in [-0.15, -0.1) is 11.3 Å². The summed E-state index contributed by atoms with van der Waals surface area (Å²) < 4.78 is 12.9. The minimum atomic E-state index is -0.350. The number of hydrazone groups is 1. The predicted octanol–water partition coefficient (Wildman–Crippen LogP) is 2.42. The zero-order valence-corrected chi connectivity index (χ0v) is 13.8. The van der Waals surface area contributed by atoms with Crippen molar-refractivity contribution in [2.75, 3.05) is 12.4 Å². The molecule has 0 fully saturated rings. The highest BCUT2D eigenvalue weighted by Crippen LogP contribution is 2.22. The van der Waals surface area contributed by atoms with Crippen LogP contribution in [-0.2, 0) is 16.0 Å². The molecule has 124 valence electrons. The van der Waals surface area contributed by atoms with Crippen LogP contribution in [0.15, 0.2) is 35.6 Å². The number of carbonyl (C=O) groups excluding carboxylic acids is 2. The average molecular weight is 346 g/mol. The highest BCUT2D eigenvalue weighted by Gasteiger charge is 2.22. The van der Waals surface area contributed by atoms with Crippen molar-refractivity contribution in [3.05, 3.63) is 46.7 Å². The molecule has 0 saturated heterocycles. The van der Waals surface area contributed by atoms with E-state index < -0.39 is 0 Å². The molecule has 0 bridgehead atoms. The topological polar surface area (TPSA) is 74.7 Å². The average Bonchev–Trinajstić information content (AvgIpc) is 2.99. The molecule has 2 heterocycles. The Bertz CT molecular complexity index is 801. The van der Waals surface area contributed by atoms with Crippen LogP contribution in [0, 0.1) is 5.82 Å². The van der Waals surface area contributed by atoms with Crippen molar-refractivity contribution in [1.82, 2.24) is 9.99 Å². The van der Waals surface area contributed by atoms with E-state index in [0.29, 0.717) is 23.7 Å². The van der Waals surface area contributed by atoms with E-state index in [1.807, 2.05) is 0 Å². The molecule has 8 heteroatoms. The van der Waals surface area contributed by atoms with Crippen LogP contribution in [-0.4, -0.2) is 34.6 Å². The molecule has 0 radical (unpaired) electrons. The van der Waals surface area contributed by atoms with E-state index in [-0.39, 0.29) is 24.1 Å². The number of halogens is 1. The van der Waals surface area contributed by atoms with Gasteiger partial charge >= 0.3 is 0 Å². The fourth-order valence-corrected chi connectivity index (χ4v) is 3.09. The third kappa shape index (κ3) is 3.83. The Labute approximate surface area is 142 Å². The van der Waals surface area contributed by atoms with Crippen molar-refractivity contribution in [2.45, 2.75) is 19.3 Å². The van der Waals surface area contributed by atoms with Crippen LogP contribution in [0.25, 0.3) is 0 Å². The molecular weight excluding hydrogens is 331 g/mol. The number of nitrogens with one attached hydrogen (secondary N) is 1. The van der Waals surface area contributed by atoms with E-state index in [9.17, 15) is 14.0 Å². The third-order valence-corrected chi connectivity index (χ3v) is 4.45. The molecule has 1 aliphatic heterocycles. The molecule has 1 aromatic carbocycles. The molecule has 1 aromatic heterocycles. The lowest BCUT2D eigenvalue weighted by Gasteiger charge is -2.18. The van der Waals surface area contributed by atoms with Crippen LogP contribution in [0.3, 0.4) is 0 Å². The summed E-state index contributed by atoms with van der Waals surface area (Å²) in [5.41, 5.74) is 1.28. The third-order valence-electron chi connectivity index (χ3n) is 3.54. The van der Waals surface area contributed by atoms with E-state index in [1.165, 1.54) is 35.5 Å². The fraction of sp³-hybridized carbons (Fsp3) is 0.250. The van der Waals surface area contributed by atoms with E-state index in [1.54, 1.807) is 18.3 Å². The number of amides is 2. The summed E-state index contributed by atoms with van der Waals surface area (Å²) in [5.74, 6) is -0.730. The van der Waals surface area contributed by atoms with E-state index in [4.69, 9.17) is 0 Å². The fourth-order valence-electron chi connectivity index (χ4n) is 2.25. The molecule has 0 atom stereocenters. The number of rotatable bonds is 4. The predicted molar refractivity (Wildman–Crippen MR) is 89.4 cm³/mol. The van der Waals surface area contributed by atoms with Crippen molar-refractivity contribution in [1.29, 1.82) is 0 Å². The summed E-state index contributed by atoms with van der Waals surface area (Å²) in [4.78, 5) is 28.7. The van der Waals surface area contributed by atoms with Gasteiger partial charge in [-0.25, -0.2) is 14.4 Å². The van der Waals surface area contributed by atoms with Gasteiger partial charge in [0, 0.05) is 37.4 Å².